The number of hydrogen-bond acceptors (Lipinski definition) is 5. The first-order chi connectivity index (χ1) is 13.9. The topological polar surface area (TPSA) is 82.2 Å². The SMILES string of the molecule is CNC1=C([N+](=O)[O-])C(c2ccc(Cl)cc2Cl)c2c(C)nn(-c3ccccc3)c2O1. The zero-order valence-electron chi connectivity index (χ0n) is 15.5. The van der Waals surface area contributed by atoms with Crippen molar-refractivity contribution in [3.05, 3.63) is 97.1 Å². The first-order valence-electron chi connectivity index (χ1n) is 8.76. The molecule has 0 radical (unpaired) electrons. The van der Waals surface area contributed by atoms with E-state index in [9.17, 15) is 10.1 Å². The van der Waals surface area contributed by atoms with Crippen LogP contribution < -0.4 is 10.1 Å². The van der Waals surface area contributed by atoms with Crippen LogP contribution in [0.15, 0.2) is 60.1 Å². The van der Waals surface area contributed by atoms with Crippen LogP contribution in [0.4, 0.5) is 0 Å². The third-order valence-corrected chi connectivity index (χ3v) is 5.32. The predicted molar refractivity (Wildman–Crippen MR) is 110 cm³/mol. The molecule has 1 N–H and O–H groups in total. The highest BCUT2D eigenvalue weighted by molar-refractivity contribution is 6.35. The van der Waals surface area contributed by atoms with Crippen molar-refractivity contribution in [3.63, 3.8) is 0 Å². The predicted octanol–water partition coefficient (Wildman–Crippen LogP) is 4.68. The maximum Gasteiger partial charge on any atom is 0.317 e. The van der Waals surface area contributed by atoms with E-state index in [1.807, 2.05) is 30.3 Å². The van der Waals surface area contributed by atoms with Gasteiger partial charge in [-0.1, -0.05) is 47.5 Å². The largest absolute Gasteiger partial charge is 0.416 e. The molecule has 0 amide bonds. The second kappa shape index (κ2) is 7.42. The lowest BCUT2D eigenvalue weighted by Gasteiger charge is -2.25. The molecule has 1 aromatic heterocycles. The molecule has 1 aliphatic rings. The van der Waals surface area contributed by atoms with Crippen LogP contribution in [0.25, 0.3) is 5.69 Å². The molecule has 0 bridgehead atoms. The van der Waals surface area contributed by atoms with Crippen LogP contribution >= 0.6 is 23.2 Å². The molecule has 0 saturated carbocycles. The van der Waals surface area contributed by atoms with Crippen LogP contribution in [0.3, 0.4) is 0 Å². The Morgan fingerprint density at radius 2 is 1.93 bits per heavy atom. The number of aryl methyl sites for hydroxylation is 1. The Bertz CT molecular complexity index is 1140. The first kappa shape index (κ1) is 19.3. The number of benzene rings is 2. The van der Waals surface area contributed by atoms with E-state index in [4.69, 9.17) is 27.9 Å². The van der Waals surface area contributed by atoms with Crippen LogP contribution in [0.2, 0.25) is 10.0 Å². The molecule has 7 nitrogen and oxygen atoms in total. The van der Waals surface area contributed by atoms with E-state index < -0.39 is 10.8 Å². The third kappa shape index (κ3) is 3.22. The Kier molecular flexibility index (Phi) is 4.94. The number of aromatic nitrogens is 2. The van der Waals surface area contributed by atoms with E-state index in [0.29, 0.717) is 32.7 Å². The molecule has 0 spiro atoms. The molecular weight excluding hydrogens is 415 g/mol. The van der Waals surface area contributed by atoms with Crippen LogP contribution in [-0.4, -0.2) is 21.8 Å². The lowest BCUT2D eigenvalue weighted by atomic mass is 9.87. The molecule has 0 saturated heterocycles. The number of halogens is 2. The zero-order chi connectivity index (χ0) is 20.7. The van der Waals surface area contributed by atoms with E-state index in [1.165, 1.54) is 0 Å². The van der Waals surface area contributed by atoms with Gasteiger partial charge in [-0.15, -0.1) is 0 Å². The van der Waals surface area contributed by atoms with Gasteiger partial charge >= 0.3 is 5.70 Å². The molecule has 3 aromatic rings. The minimum absolute atomic E-state index is 0.0376. The second-order valence-electron chi connectivity index (χ2n) is 6.47. The molecule has 1 atom stereocenters. The van der Waals surface area contributed by atoms with E-state index in [0.717, 1.165) is 5.69 Å². The van der Waals surface area contributed by atoms with Crippen molar-refractivity contribution >= 4 is 23.2 Å². The maximum atomic E-state index is 12.0. The van der Waals surface area contributed by atoms with E-state index in [2.05, 4.69) is 10.4 Å². The summed E-state index contributed by atoms with van der Waals surface area (Å²) in [5.41, 5.74) is 2.38. The molecule has 29 heavy (non-hydrogen) atoms. The summed E-state index contributed by atoms with van der Waals surface area (Å²) in [4.78, 5) is 11.6. The smallest absolute Gasteiger partial charge is 0.317 e. The summed E-state index contributed by atoms with van der Waals surface area (Å²) in [5, 5.41) is 20.2. The minimum Gasteiger partial charge on any atom is -0.416 e. The Morgan fingerprint density at radius 3 is 2.55 bits per heavy atom. The number of ether oxygens (including phenoxy) is 1. The lowest BCUT2D eigenvalue weighted by molar-refractivity contribution is -0.432. The van der Waals surface area contributed by atoms with Gasteiger partial charge in [0.05, 0.1) is 21.9 Å². The van der Waals surface area contributed by atoms with Gasteiger partial charge in [-0.05, 0) is 36.8 Å². The van der Waals surface area contributed by atoms with Crippen molar-refractivity contribution in [1.82, 2.24) is 15.1 Å². The molecule has 0 aliphatic carbocycles. The second-order valence-corrected chi connectivity index (χ2v) is 7.32. The number of para-hydroxylation sites is 1. The Morgan fingerprint density at radius 1 is 1.21 bits per heavy atom. The summed E-state index contributed by atoms with van der Waals surface area (Å²) in [6.07, 6.45) is 0. The molecule has 1 unspecified atom stereocenters. The van der Waals surface area contributed by atoms with Crippen LogP contribution in [0, 0.1) is 17.0 Å². The number of nitro groups is 1. The molecule has 2 heterocycles. The molecule has 2 aromatic carbocycles. The quantitative estimate of drug-likeness (QED) is 0.479. The average molecular weight is 431 g/mol. The number of nitrogens with one attached hydrogen (secondary N) is 1. The van der Waals surface area contributed by atoms with Crippen molar-refractivity contribution in [3.8, 4) is 11.6 Å². The minimum atomic E-state index is -0.779. The number of hydrogen-bond donors (Lipinski definition) is 1. The zero-order valence-corrected chi connectivity index (χ0v) is 17.0. The van der Waals surface area contributed by atoms with E-state index in [-0.39, 0.29) is 11.6 Å². The van der Waals surface area contributed by atoms with Crippen molar-refractivity contribution in [1.29, 1.82) is 0 Å². The molecule has 9 heteroatoms. The fourth-order valence-corrected chi connectivity index (χ4v) is 4.03. The first-order valence-corrected chi connectivity index (χ1v) is 9.52. The summed E-state index contributed by atoms with van der Waals surface area (Å²) < 4.78 is 7.57. The maximum absolute atomic E-state index is 12.0. The van der Waals surface area contributed by atoms with Gasteiger partial charge in [0, 0.05) is 17.1 Å². The highest BCUT2D eigenvalue weighted by atomic mass is 35.5. The number of allylic oxidation sites excluding steroid dienone is 1. The van der Waals surface area contributed by atoms with Crippen LogP contribution in [0.5, 0.6) is 5.88 Å². The Labute approximate surface area is 176 Å². The van der Waals surface area contributed by atoms with E-state index >= 15 is 0 Å². The van der Waals surface area contributed by atoms with Gasteiger partial charge in [-0.3, -0.25) is 10.1 Å². The van der Waals surface area contributed by atoms with Gasteiger partial charge in [0.1, 0.15) is 5.92 Å². The van der Waals surface area contributed by atoms with Crippen molar-refractivity contribution in [2.75, 3.05) is 7.05 Å². The number of nitrogens with zero attached hydrogens (tertiary/aromatic N) is 3. The molecule has 148 valence electrons. The molecule has 1 aliphatic heterocycles. The van der Waals surface area contributed by atoms with Crippen molar-refractivity contribution < 1.29 is 9.66 Å². The molecular formula is C20H16Cl2N4O3. The summed E-state index contributed by atoms with van der Waals surface area (Å²) >= 11 is 12.5. The summed E-state index contributed by atoms with van der Waals surface area (Å²) in [7, 11) is 1.57. The van der Waals surface area contributed by atoms with Crippen molar-refractivity contribution in [2.45, 2.75) is 12.8 Å². The summed E-state index contributed by atoms with van der Waals surface area (Å²) in [5.74, 6) is -0.339. The van der Waals surface area contributed by atoms with Gasteiger partial charge in [0.2, 0.25) is 5.88 Å². The summed E-state index contributed by atoms with van der Waals surface area (Å²) in [6, 6.07) is 14.3. The van der Waals surface area contributed by atoms with Gasteiger partial charge in [-0.25, -0.2) is 4.68 Å². The molecule has 4 rings (SSSR count). The van der Waals surface area contributed by atoms with E-state index in [1.54, 1.807) is 36.9 Å². The summed E-state index contributed by atoms with van der Waals surface area (Å²) in [6.45, 7) is 1.79. The number of fused-ring (bicyclic) bond motifs is 1. The monoisotopic (exact) mass is 430 g/mol. The standard InChI is InChI=1S/C20H16Cl2N4O3/c1-11-16-17(14-9-8-12(21)10-15(14)22)18(26(27)28)19(23-2)29-20(16)25(24-11)13-6-4-3-5-7-13/h3-10,17,23H,1-2H3. The van der Waals surface area contributed by atoms with Gasteiger partial charge in [0.15, 0.2) is 0 Å². The third-order valence-electron chi connectivity index (χ3n) is 4.75. The van der Waals surface area contributed by atoms with Crippen LogP contribution in [0.1, 0.15) is 22.7 Å². The van der Waals surface area contributed by atoms with Crippen molar-refractivity contribution in [2.24, 2.45) is 0 Å². The fraction of sp³-hybridized carbons (Fsp3) is 0.150. The average Bonchev–Trinajstić information content (AvgIpc) is 3.03. The van der Waals surface area contributed by atoms with Gasteiger partial charge < -0.3 is 10.1 Å². The van der Waals surface area contributed by atoms with Gasteiger partial charge in [-0.2, -0.15) is 5.10 Å². The number of rotatable bonds is 4. The Balaban J connectivity index is 2.02. The lowest BCUT2D eigenvalue weighted by Crippen LogP contribution is -2.28. The molecule has 0 fully saturated rings. The van der Waals surface area contributed by atoms with Gasteiger partial charge in [0.25, 0.3) is 5.88 Å². The highest BCUT2D eigenvalue weighted by Gasteiger charge is 2.44. The Hall–Kier alpha value is -3.03. The normalized spacial score (nSPS) is 15.7. The fourth-order valence-electron chi connectivity index (χ4n) is 3.52. The van der Waals surface area contributed by atoms with Crippen LogP contribution in [-0.2, 0) is 0 Å². The highest BCUT2D eigenvalue weighted by Crippen LogP contribution is 2.47.